The van der Waals surface area contributed by atoms with Crippen LogP contribution in [-0.2, 0) is 0 Å². The Labute approximate surface area is 146 Å². The molecule has 0 saturated carbocycles. The first-order valence-corrected chi connectivity index (χ1v) is 7.78. The molecule has 8 heteroatoms. The van der Waals surface area contributed by atoms with Crippen LogP contribution in [-0.4, -0.2) is 44.9 Å². The minimum atomic E-state index is -0.325. The highest BCUT2D eigenvalue weighted by atomic mass is 35.5. The highest BCUT2D eigenvalue weighted by Gasteiger charge is 2.26. The minimum Gasteiger partial charge on any atom is -0.337 e. The number of hydrogen-bond acceptors (Lipinski definition) is 4. The van der Waals surface area contributed by atoms with Gasteiger partial charge in [-0.2, -0.15) is 9.90 Å². The highest BCUT2D eigenvalue weighted by Crippen LogP contribution is 2.20. The molecule has 2 heterocycles. The third kappa shape index (κ3) is 3.91. The van der Waals surface area contributed by atoms with E-state index in [2.05, 4.69) is 10.2 Å². The smallest absolute Gasteiger partial charge is 0.276 e. The number of carbonyl (C=O) groups excluding carboxylic acids is 1. The number of halogens is 2. The molecule has 2 N–H and O–H groups in total. The maximum Gasteiger partial charge on any atom is 0.276 e. The van der Waals surface area contributed by atoms with Gasteiger partial charge in [-0.3, -0.25) is 4.79 Å². The topological polar surface area (TPSA) is 77.0 Å². The molecule has 24 heavy (non-hydrogen) atoms. The number of rotatable bonds is 3. The number of amides is 1. The van der Waals surface area contributed by atoms with Crippen LogP contribution in [0.3, 0.4) is 0 Å². The normalized spacial score (nSPS) is 16.5. The van der Waals surface area contributed by atoms with Gasteiger partial charge in [0, 0.05) is 19.1 Å². The molecule has 1 unspecified atom stereocenters. The first-order valence-electron chi connectivity index (χ1n) is 7.78. The standard InChI is InChI=1S/C16H20FN5O.ClH/c1-11(18)12-6-8-21(9-7-12)16(23)15-10-19-22(20-15)14-4-2-13(17)3-5-14;/h2-5,10-12H,6-9,18H2,1H3;1H. The largest absolute Gasteiger partial charge is 0.337 e. The zero-order valence-corrected chi connectivity index (χ0v) is 14.2. The summed E-state index contributed by atoms with van der Waals surface area (Å²) in [5.41, 5.74) is 6.83. The highest BCUT2D eigenvalue weighted by molar-refractivity contribution is 5.92. The Bertz CT molecular complexity index is 680. The van der Waals surface area contributed by atoms with E-state index in [0.29, 0.717) is 30.4 Å². The Balaban J connectivity index is 0.00000208. The Kier molecular flexibility index (Phi) is 5.90. The lowest BCUT2D eigenvalue weighted by atomic mass is 9.91. The van der Waals surface area contributed by atoms with Gasteiger partial charge < -0.3 is 10.6 Å². The number of carbonyl (C=O) groups is 1. The number of nitrogens with two attached hydrogens (primary N) is 1. The average molecular weight is 354 g/mol. The molecule has 1 aliphatic rings. The van der Waals surface area contributed by atoms with Gasteiger partial charge >= 0.3 is 0 Å². The summed E-state index contributed by atoms with van der Waals surface area (Å²) in [6.45, 7) is 3.39. The molecule has 130 valence electrons. The lowest BCUT2D eigenvalue weighted by molar-refractivity contribution is 0.0674. The van der Waals surface area contributed by atoms with E-state index < -0.39 is 0 Å². The van der Waals surface area contributed by atoms with Gasteiger partial charge in [0.2, 0.25) is 0 Å². The number of aromatic nitrogens is 3. The van der Waals surface area contributed by atoms with Crippen molar-refractivity contribution in [3.05, 3.63) is 42.0 Å². The Morgan fingerprint density at radius 2 is 1.92 bits per heavy atom. The molecule has 6 nitrogen and oxygen atoms in total. The molecular weight excluding hydrogens is 333 g/mol. The second kappa shape index (κ2) is 7.72. The molecule has 1 fully saturated rings. The zero-order chi connectivity index (χ0) is 16.4. The summed E-state index contributed by atoms with van der Waals surface area (Å²) in [6.07, 6.45) is 3.27. The summed E-state index contributed by atoms with van der Waals surface area (Å²) in [6, 6.07) is 5.96. The summed E-state index contributed by atoms with van der Waals surface area (Å²) in [5, 5.41) is 8.30. The summed E-state index contributed by atoms with van der Waals surface area (Å²) < 4.78 is 12.9. The summed E-state index contributed by atoms with van der Waals surface area (Å²) in [7, 11) is 0. The molecule has 2 aromatic rings. The number of likely N-dealkylation sites (tertiary alicyclic amines) is 1. The van der Waals surface area contributed by atoms with Crippen molar-refractivity contribution in [2.24, 2.45) is 11.7 Å². The first kappa shape index (κ1) is 18.4. The predicted octanol–water partition coefficient (Wildman–Crippen LogP) is 2.03. The monoisotopic (exact) mass is 353 g/mol. The van der Waals surface area contributed by atoms with E-state index in [1.54, 1.807) is 17.0 Å². The molecule has 1 aromatic heterocycles. The fourth-order valence-corrected chi connectivity index (χ4v) is 2.85. The SMILES string of the molecule is CC(N)C1CCN(C(=O)c2cnn(-c3ccc(F)cc3)n2)CC1.Cl. The van der Waals surface area contributed by atoms with Gasteiger partial charge in [-0.15, -0.1) is 17.5 Å². The van der Waals surface area contributed by atoms with Crippen LogP contribution < -0.4 is 5.73 Å². The molecule has 0 spiro atoms. The van der Waals surface area contributed by atoms with Crippen molar-refractivity contribution in [2.45, 2.75) is 25.8 Å². The third-order valence-corrected chi connectivity index (χ3v) is 4.34. The van der Waals surface area contributed by atoms with Crippen molar-refractivity contribution < 1.29 is 9.18 Å². The molecule has 0 aliphatic carbocycles. The summed E-state index contributed by atoms with van der Waals surface area (Å²) >= 11 is 0. The molecule has 1 amide bonds. The van der Waals surface area contributed by atoms with Crippen LogP contribution in [0, 0.1) is 11.7 Å². The molecule has 1 saturated heterocycles. The van der Waals surface area contributed by atoms with Crippen molar-refractivity contribution in [1.29, 1.82) is 0 Å². The van der Waals surface area contributed by atoms with Crippen LogP contribution >= 0.6 is 12.4 Å². The van der Waals surface area contributed by atoms with Crippen molar-refractivity contribution in [3.63, 3.8) is 0 Å². The zero-order valence-electron chi connectivity index (χ0n) is 13.4. The predicted molar refractivity (Wildman–Crippen MR) is 90.8 cm³/mol. The average Bonchev–Trinajstić information content (AvgIpc) is 3.05. The molecule has 3 rings (SSSR count). The van der Waals surface area contributed by atoms with Crippen LogP contribution in [0.25, 0.3) is 5.69 Å². The van der Waals surface area contributed by atoms with E-state index >= 15 is 0 Å². The Morgan fingerprint density at radius 3 is 2.50 bits per heavy atom. The maximum atomic E-state index is 12.9. The third-order valence-electron chi connectivity index (χ3n) is 4.34. The fraction of sp³-hybridized carbons (Fsp3) is 0.438. The van der Waals surface area contributed by atoms with E-state index in [1.165, 1.54) is 23.1 Å². The van der Waals surface area contributed by atoms with E-state index in [4.69, 9.17) is 5.73 Å². The molecule has 0 radical (unpaired) electrons. The Morgan fingerprint density at radius 1 is 1.29 bits per heavy atom. The lowest BCUT2D eigenvalue weighted by Gasteiger charge is -2.33. The number of nitrogens with zero attached hydrogens (tertiary/aromatic N) is 4. The van der Waals surface area contributed by atoms with E-state index in [9.17, 15) is 9.18 Å². The van der Waals surface area contributed by atoms with Gasteiger partial charge in [-0.05, 0) is 49.9 Å². The van der Waals surface area contributed by atoms with E-state index in [-0.39, 0.29) is 30.2 Å². The van der Waals surface area contributed by atoms with Crippen LogP contribution in [0.15, 0.2) is 30.5 Å². The number of benzene rings is 1. The van der Waals surface area contributed by atoms with Crippen LogP contribution in [0.2, 0.25) is 0 Å². The van der Waals surface area contributed by atoms with Gasteiger partial charge in [0.05, 0.1) is 11.9 Å². The van der Waals surface area contributed by atoms with E-state index in [0.717, 1.165) is 12.8 Å². The molecule has 1 atom stereocenters. The van der Waals surface area contributed by atoms with Gasteiger partial charge in [0.1, 0.15) is 5.82 Å². The van der Waals surface area contributed by atoms with Gasteiger partial charge in [-0.1, -0.05) is 0 Å². The molecule has 1 aliphatic heterocycles. The number of piperidine rings is 1. The Hall–Kier alpha value is -1.99. The molecular formula is C16H21ClFN5O. The van der Waals surface area contributed by atoms with Crippen LogP contribution in [0.5, 0.6) is 0 Å². The summed E-state index contributed by atoms with van der Waals surface area (Å²) in [4.78, 5) is 15.6. The van der Waals surface area contributed by atoms with Gasteiger partial charge in [-0.25, -0.2) is 4.39 Å². The fourth-order valence-electron chi connectivity index (χ4n) is 2.85. The van der Waals surface area contributed by atoms with Crippen molar-refractivity contribution in [3.8, 4) is 5.69 Å². The molecule has 0 bridgehead atoms. The van der Waals surface area contributed by atoms with Crippen molar-refractivity contribution >= 4 is 18.3 Å². The lowest BCUT2D eigenvalue weighted by Crippen LogP contribution is -2.42. The second-order valence-electron chi connectivity index (χ2n) is 5.98. The van der Waals surface area contributed by atoms with Crippen molar-refractivity contribution in [1.82, 2.24) is 19.9 Å². The summed E-state index contributed by atoms with van der Waals surface area (Å²) in [5.74, 6) is 0.0182. The van der Waals surface area contributed by atoms with Gasteiger partial charge in [0.25, 0.3) is 5.91 Å². The number of hydrogen-bond donors (Lipinski definition) is 1. The maximum absolute atomic E-state index is 12.9. The van der Waals surface area contributed by atoms with E-state index in [1.807, 2.05) is 6.92 Å². The van der Waals surface area contributed by atoms with Crippen LogP contribution in [0.4, 0.5) is 4.39 Å². The van der Waals surface area contributed by atoms with Crippen molar-refractivity contribution in [2.75, 3.05) is 13.1 Å². The first-order chi connectivity index (χ1) is 11.0. The van der Waals surface area contributed by atoms with Crippen LogP contribution in [0.1, 0.15) is 30.3 Å². The minimum absolute atomic E-state index is 0. The second-order valence-corrected chi connectivity index (χ2v) is 5.98. The quantitative estimate of drug-likeness (QED) is 0.915. The molecule has 1 aromatic carbocycles. The van der Waals surface area contributed by atoms with Gasteiger partial charge in [0.15, 0.2) is 5.69 Å².